The molecule has 2 aromatic carbocycles. The molecule has 8 nitrogen and oxygen atoms in total. The maximum absolute atomic E-state index is 13.1. The molecule has 1 aliphatic rings. The van der Waals surface area contributed by atoms with Crippen LogP contribution >= 0.6 is 11.8 Å². The van der Waals surface area contributed by atoms with E-state index in [-0.39, 0.29) is 22.7 Å². The number of nitrogens with one attached hydrogen (secondary N) is 3. The van der Waals surface area contributed by atoms with Crippen molar-refractivity contribution in [1.29, 1.82) is 0 Å². The van der Waals surface area contributed by atoms with Gasteiger partial charge in [-0.1, -0.05) is 24.3 Å². The average Bonchev–Trinajstić information content (AvgIpc) is 3.30. The smallest absolute Gasteiger partial charge is 0.263 e. The van der Waals surface area contributed by atoms with Gasteiger partial charge in [0.25, 0.3) is 10.0 Å². The van der Waals surface area contributed by atoms with Crippen molar-refractivity contribution in [2.24, 2.45) is 4.99 Å². The Bertz CT molecular complexity index is 1220. The zero-order valence-corrected chi connectivity index (χ0v) is 18.8. The summed E-state index contributed by atoms with van der Waals surface area (Å²) in [5, 5.41) is 2.96. The minimum Gasteiger partial charge on any atom is -0.345 e. The van der Waals surface area contributed by atoms with Crippen LogP contribution in [0.3, 0.4) is 0 Å². The van der Waals surface area contributed by atoms with E-state index < -0.39 is 16.1 Å². The first-order chi connectivity index (χ1) is 14.9. The third-order valence-corrected chi connectivity index (χ3v) is 7.06. The number of thioether (sulfide) groups is 1. The number of aromatic nitrogens is 2. The highest BCUT2D eigenvalue weighted by Gasteiger charge is 2.32. The standard InChI is InChI=1S/C21H23N5O3S2/c1-13(19-23-15-8-4-5-9-16(15)24-19)22-21(27)17(11-12-30-2)25-20-14-7-3-6-10-18(14)31(28,29)26-20/h3-10,13,17H,11-12H2,1-2H3,(H,22,27)(H,23,24)(H,25,26). The van der Waals surface area contributed by atoms with E-state index in [2.05, 4.69) is 25.0 Å². The zero-order valence-electron chi connectivity index (χ0n) is 17.1. The second-order valence-electron chi connectivity index (χ2n) is 7.25. The number of nitrogens with zero attached hydrogens (tertiary/aromatic N) is 2. The van der Waals surface area contributed by atoms with Gasteiger partial charge in [-0.05, 0) is 49.6 Å². The maximum Gasteiger partial charge on any atom is 0.263 e. The van der Waals surface area contributed by atoms with Crippen molar-refractivity contribution in [1.82, 2.24) is 20.0 Å². The molecule has 1 amide bonds. The molecule has 3 aromatic rings. The molecule has 2 atom stereocenters. The van der Waals surface area contributed by atoms with E-state index in [1.54, 1.807) is 30.0 Å². The molecular formula is C21H23N5O3S2. The summed E-state index contributed by atoms with van der Waals surface area (Å²) in [4.78, 5) is 25.5. The number of hydrogen-bond donors (Lipinski definition) is 3. The minimum absolute atomic E-state index is 0.174. The van der Waals surface area contributed by atoms with E-state index in [1.165, 1.54) is 6.07 Å². The highest BCUT2D eigenvalue weighted by molar-refractivity contribution is 7.98. The Morgan fingerprint density at radius 2 is 1.94 bits per heavy atom. The Morgan fingerprint density at radius 3 is 2.71 bits per heavy atom. The molecular weight excluding hydrogens is 434 g/mol. The van der Waals surface area contributed by atoms with Crippen LogP contribution in [0.5, 0.6) is 0 Å². The third kappa shape index (κ3) is 4.45. The van der Waals surface area contributed by atoms with Crippen LogP contribution in [-0.4, -0.2) is 48.2 Å². The Morgan fingerprint density at radius 1 is 1.19 bits per heavy atom. The van der Waals surface area contributed by atoms with Gasteiger partial charge in [-0.15, -0.1) is 0 Å². The van der Waals surface area contributed by atoms with Crippen LogP contribution in [0.25, 0.3) is 11.0 Å². The first kappa shape index (κ1) is 21.4. The lowest BCUT2D eigenvalue weighted by Crippen LogP contribution is -2.37. The number of rotatable bonds is 7. The Hall–Kier alpha value is -2.85. The quantitative estimate of drug-likeness (QED) is 0.504. The largest absolute Gasteiger partial charge is 0.345 e. The van der Waals surface area contributed by atoms with Gasteiger partial charge in [0, 0.05) is 5.56 Å². The fourth-order valence-corrected chi connectivity index (χ4v) is 5.12. The molecule has 0 radical (unpaired) electrons. The molecule has 31 heavy (non-hydrogen) atoms. The molecule has 4 rings (SSSR count). The average molecular weight is 458 g/mol. The molecule has 0 fully saturated rings. The number of amidine groups is 1. The first-order valence-corrected chi connectivity index (χ1v) is 12.7. The van der Waals surface area contributed by atoms with Crippen LogP contribution in [0.2, 0.25) is 0 Å². The molecule has 10 heteroatoms. The number of imidazole rings is 1. The fraction of sp³-hybridized carbons (Fsp3) is 0.286. The van der Waals surface area contributed by atoms with Gasteiger partial charge >= 0.3 is 0 Å². The van der Waals surface area contributed by atoms with Crippen molar-refractivity contribution in [3.63, 3.8) is 0 Å². The summed E-state index contributed by atoms with van der Waals surface area (Å²) in [5.74, 6) is 1.28. The number of sulfonamides is 1. The summed E-state index contributed by atoms with van der Waals surface area (Å²) < 4.78 is 27.2. The number of fused-ring (bicyclic) bond motifs is 2. The number of amides is 1. The van der Waals surface area contributed by atoms with E-state index in [9.17, 15) is 13.2 Å². The van der Waals surface area contributed by atoms with Crippen LogP contribution in [-0.2, 0) is 14.8 Å². The van der Waals surface area contributed by atoms with E-state index in [0.29, 0.717) is 23.6 Å². The van der Waals surface area contributed by atoms with Crippen LogP contribution in [0.1, 0.15) is 30.8 Å². The van der Waals surface area contributed by atoms with E-state index in [1.807, 2.05) is 37.4 Å². The SMILES string of the molecule is CSCCC(N=C1NS(=O)(=O)c2ccccc21)C(=O)NC(C)c1nc2ccccc2[nH]1. The lowest BCUT2D eigenvalue weighted by Gasteiger charge is -2.17. The summed E-state index contributed by atoms with van der Waals surface area (Å²) in [6.45, 7) is 1.85. The number of hydrogen-bond acceptors (Lipinski definition) is 6. The highest BCUT2D eigenvalue weighted by Crippen LogP contribution is 2.23. The molecule has 0 aliphatic carbocycles. The molecule has 162 valence electrons. The number of para-hydroxylation sites is 2. The van der Waals surface area contributed by atoms with Gasteiger partial charge in [0.05, 0.1) is 22.0 Å². The molecule has 1 aliphatic heterocycles. The van der Waals surface area contributed by atoms with Crippen molar-refractivity contribution in [2.75, 3.05) is 12.0 Å². The van der Waals surface area contributed by atoms with Gasteiger partial charge in [0.15, 0.2) is 0 Å². The Balaban J connectivity index is 1.57. The third-order valence-electron chi connectivity index (χ3n) is 5.02. The Kier molecular flexibility index (Phi) is 6.01. The summed E-state index contributed by atoms with van der Waals surface area (Å²) in [6, 6.07) is 13.2. The van der Waals surface area contributed by atoms with Crippen LogP contribution in [0.15, 0.2) is 58.4 Å². The predicted molar refractivity (Wildman–Crippen MR) is 123 cm³/mol. The second-order valence-corrected chi connectivity index (χ2v) is 9.88. The molecule has 1 aromatic heterocycles. The summed E-state index contributed by atoms with van der Waals surface area (Å²) in [7, 11) is -3.66. The topological polar surface area (TPSA) is 116 Å². The molecule has 0 bridgehead atoms. The van der Waals surface area contributed by atoms with Crippen molar-refractivity contribution < 1.29 is 13.2 Å². The van der Waals surface area contributed by atoms with Gasteiger partial charge in [0.1, 0.15) is 17.7 Å². The maximum atomic E-state index is 13.1. The lowest BCUT2D eigenvalue weighted by molar-refractivity contribution is -0.123. The fourth-order valence-electron chi connectivity index (χ4n) is 3.42. The minimum atomic E-state index is -3.66. The summed E-state index contributed by atoms with van der Waals surface area (Å²) in [6.07, 6.45) is 2.43. The number of carbonyl (C=O) groups excluding carboxylic acids is 1. The molecule has 0 spiro atoms. The van der Waals surface area contributed by atoms with Crippen molar-refractivity contribution >= 4 is 44.6 Å². The van der Waals surface area contributed by atoms with E-state index >= 15 is 0 Å². The van der Waals surface area contributed by atoms with Crippen molar-refractivity contribution in [3.05, 3.63) is 59.9 Å². The molecule has 2 heterocycles. The molecule has 0 saturated carbocycles. The highest BCUT2D eigenvalue weighted by atomic mass is 32.2. The zero-order chi connectivity index (χ0) is 22.0. The van der Waals surface area contributed by atoms with Crippen LogP contribution in [0, 0.1) is 0 Å². The molecule has 3 N–H and O–H groups in total. The monoisotopic (exact) mass is 457 g/mol. The van der Waals surface area contributed by atoms with Gasteiger partial charge in [0.2, 0.25) is 5.91 Å². The normalized spacial score (nSPS) is 17.8. The van der Waals surface area contributed by atoms with Crippen molar-refractivity contribution in [2.45, 2.75) is 30.3 Å². The number of benzene rings is 2. The van der Waals surface area contributed by atoms with Gasteiger partial charge in [-0.25, -0.2) is 13.4 Å². The number of H-pyrrole nitrogens is 1. The second kappa shape index (κ2) is 8.72. The van der Waals surface area contributed by atoms with Crippen LogP contribution < -0.4 is 10.0 Å². The molecule has 2 unspecified atom stereocenters. The number of aromatic amines is 1. The van der Waals surface area contributed by atoms with E-state index in [4.69, 9.17) is 0 Å². The van der Waals surface area contributed by atoms with Crippen molar-refractivity contribution in [3.8, 4) is 0 Å². The van der Waals surface area contributed by atoms with Crippen LogP contribution in [0.4, 0.5) is 0 Å². The Labute approximate surface area is 185 Å². The van der Waals surface area contributed by atoms with Gasteiger partial charge < -0.3 is 10.3 Å². The lowest BCUT2D eigenvalue weighted by atomic mass is 10.1. The first-order valence-electron chi connectivity index (χ1n) is 9.83. The number of carbonyl (C=O) groups is 1. The van der Waals surface area contributed by atoms with Gasteiger partial charge in [-0.2, -0.15) is 11.8 Å². The predicted octanol–water partition coefficient (Wildman–Crippen LogP) is 2.60. The van der Waals surface area contributed by atoms with Gasteiger partial charge in [-0.3, -0.25) is 14.5 Å². The van der Waals surface area contributed by atoms with E-state index in [0.717, 1.165) is 11.0 Å². The number of aliphatic imine (C=N–C) groups is 1. The molecule has 0 saturated heterocycles. The summed E-state index contributed by atoms with van der Waals surface area (Å²) in [5.41, 5.74) is 2.21. The summed E-state index contributed by atoms with van der Waals surface area (Å²) >= 11 is 1.60.